The third-order valence-electron chi connectivity index (χ3n) is 4.74. The molecule has 0 radical (unpaired) electrons. The van der Waals surface area contributed by atoms with Gasteiger partial charge in [-0.15, -0.1) is 0 Å². The van der Waals surface area contributed by atoms with E-state index in [9.17, 15) is 22.4 Å². The van der Waals surface area contributed by atoms with Gasteiger partial charge >= 0.3 is 6.18 Å². The van der Waals surface area contributed by atoms with Crippen LogP contribution in [0.2, 0.25) is 0 Å². The van der Waals surface area contributed by atoms with E-state index in [-0.39, 0.29) is 23.6 Å². The molecule has 0 saturated heterocycles. The van der Waals surface area contributed by atoms with Gasteiger partial charge in [0.25, 0.3) is 5.91 Å². The number of fused-ring (bicyclic) bond motifs is 1. The molecule has 2 atom stereocenters. The monoisotopic (exact) mass is 408 g/mol. The molecule has 10 heteroatoms. The van der Waals surface area contributed by atoms with E-state index >= 15 is 0 Å². The number of aryl methyl sites for hydroxylation is 1. The number of nitrogens with one attached hydrogen (secondary N) is 2. The van der Waals surface area contributed by atoms with Crippen LogP contribution in [0, 0.1) is 12.7 Å². The molecular formula is C19H16F4N4O2. The highest BCUT2D eigenvalue weighted by molar-refractivity contribution is 6.03. The Balaban J connectivity index is 1.63. The fraction of sp³-hybridized carbons (Fsp3) is 0.263. The van der Waals surface area contributed by atoms with Crippen molar-refractivity contribution < 1.29 is 26.8 Å². The number of aromatic nitrogens is 2. The SMILES string of the molecule is Cc1ccc(NC(=O)c2cc3n(n2)[C@H](C(F)(F)F)C[C@@H](c2ccco2)N3)cc1F. The first kappa shape index (κ1) is 19.0. The number of halogens is 4. The quantitative estimate of drug-likeness (QED) is 0.609. The summed E-state index contributed by atoms with van der Waals surface area (Å²) < 4.78 is 60.5. The van der Waals surface area contributed by atoms with Crippen LogP contribution in [0.15, 0.2) is 47.1 Å². The maximum absolute atomic E-state index is 13.7. The van der Waals surface area contributed by atoms with Gasteiger partial charge in [-0.25, -0.2) is 9.07 Å². The zero-order chi connectivity index (χ0) is 20.8. The van der Waals surface area contributed by atoms with Crippen LogP contribution in [0.4, 0.5) is 29.1 Å². The van der Waals surface area contributed by atoms with Crippen LogP contribution in [0.25, 0.3) is 0 Å². The number of nitrogens with zero attached hydrogens (tertiary/aromatic N) is 2. The first-order valence-electron chi connectivity index (χ1n) is 8.76. The van der Waals surface area contributed by atoms with Gasteiger partial charge in [0.2, 0.25) is 0 Å². The molecule has 29 heavy (non-hydrogen) atoms. The molecule has 1 amide bonds. The van der Waals surface area contributed by atoms with E-state index < -0.39 is 30.0 Å². The van der Waals surface area contributed by atoms with E-state index in [1.54, 1.807) is 19.1 Å². The van der Waals surface area contributed by atoms with Crippen LogP contribution in [-0.4, -0.2) is 21.9 Å². The second-order valence-corrected chi connectivity index (χ2v) is 6.78. The normalized spacial score (nSPS) is 18.8. The first-order valence-corrected chi connectivity index (χ1v) is 8.76. The van der Waals surface area contributed by atoms with Gasteiger partial charge in [0, 0.05) is 18.2 Å². The van der Waals surface area contributed by atoms with Crippen LogP contribution >= 0.6 is 0 Å². The van der Waals surface area contributed by atoms with Crippen molar-refractivity contribution in [3.8, 4) is 0 Å². The molecule has 1 aliphatic rings. The van der Waals surface area contributed by atoms with Crippen molar-refractivity contribution in [2.24, 2.45) is 0 Å². The summed E-state index contributed by atoms with van der Waals surface area (Å²) in [5, 5.41) is 9.22. The number of furan rings is 1. The predicted molar refractivity (Wildman–Crippen MR) is 96.1 cm³/mol. The zero-order valence-corrected chi connectivity index (χ0v) is 15.1. The molecule has 0 saturated carbocycles. The number of rotatable bonds is 3. The van der Waals surface area contributed by atoms with Gasteiger partial charge in [-0.05, 0) is 36.8 Å². The molecule has 1 aromatic carbocycles. The van der Waals surface area contributed by atoms with E-state index in [1.807, 2.05) is 0 Å². The van der Waals surface area contributed by atoms with Gasteiger partial charge in [-0.1, -0.05) is 6.07 Å². The Morgan fingerprint density at radius 2 is 2.10 bits per heavy atom. The Bertz CT molecular complexity index is 1040. The number of hydrogen-bond acceptors (Lipinski definition) is 4. The molecule has 2 aromatic heterocycles. The summed E-state index contributed by atoms with van der Waals surface area (Å²) in [6.07, 6.45) is -3.53. The van der Waals surface area contributed by atoms with E-state index in [1.165, 1.54) is 24.5 Å². The number of benzene rings is 1. The molecule has 2 N–H and O–H groups in total. The molecule has 152 valence electrons. The van der Waals surface area contributed by atoms with E-state index in [4.69, 9.17) is 4.42 Å². The van der Waals surface area contributed by atoms with E-state index in [0.29, 0.717) is 11.3 Å². The third-order valence-corrected chi connectivity index (χ3v) is 4.74. The van der Waals surface area contributed by atoms with Crippen LogP contribution in [-0.2, 0) is 0 Å². The smallest absolute Gasteiger partial charge is 0.410 e. The Hall–Kier alpha value is -3.30. The van der Waals surface area contributed by atoms with Crippen LogP contribution in [0.3, 0.4) is 0 Å². The topological polar surface area (TPSA) is 72.1 Å². The molecule has 0 fully saturated rings. The second-order valence-electron chi connectivity index (χ2n) is 6.78. The number of carbonyl (C=O) groups excluding carboxylic acids is 1. The highest BCUT2D eigenvalue weighted by Crippen LogP contribution is 2.43. The Kier molecular flexibility index (Phi) is 4.56. The van der Waals surface area contributed by atoms with Crippen molar-refractivity contribution in [2.45, 2.75) is 31.6 Å². The van der Waals surface area contributed by atoms with Gasteiger partial charge in [0.05, 0.1) is 12.3 Å². The number of alkyl halides is 3. The summed E-state index contributed by atoms with van der Waals surface area (Å²) in [6.45, 7) is 1.57. The maximum Gasteiger partial charge on any atom is 0.410 e. The fourth-order valence-electron chi connectivity index (χ4n) is 3.23. The Morgan fingerprint density at radius 3 is 2.76 bits per heavy atom. The number of anilines is 2. The summed E-state index contributed by atoms with van der Waals surface area (Å²) in [5.74, 6) is -0.854. The van der Waals surface area contributed by atoms with Crippen molar-refractivity contribution in [3.63, 3.8) is 0 Å². The molecule has 4 rings (SSSR count). The molecule has 0 unspecified atom stereocenters. The second kappa shape index (κ2) is 6.94. The van der Waals surface area contributed by atoms with Gasteiger partial charge in [0.15, 0.2) is 11.7 Å². The standard InChI is InChI=1S/C19H16F4N4O2/c1-10-4-5-11(7-12(10)20)24-18(28)14-9-17-25-13(15-3-2-6-29-15)8-16(19(21,22)23)27(17)26-14/h2-7,9,13,16,25H,8H2,1H3,(H,24,28)/t13-,16-/m0/s1. The lowest BCUT2D eigenvalue weighted by Gasteiger charge is -2.32. The molecular weight excluding hydrogens is 392 g/mol. The summed E-state index contributed by atoms with van der Waals surface area (Å²) in [7, 11) is 0. The van der Waals surface area contributed by atoms with Gasteiger partial charge < -0.3 is 15.1 Å². The largest absolute Gasteiger partial charge is 0.467 e. The van der Waals surface area contributed by atoms with E-state index in [0.717, 1.165) is 10.7 Å². The lowest BCUT2D eigenvalue weighted by Crippen LogP contribution is -2.35. The molecule has 0 aliphatic carbocycles. The maximum atomic E-state index is 13.7. The van der Waals surface area contributed by atoms with Gasteiger partial charge in [-0.3, -0.25) is 4.79 Å². The van der Waals surface area contributed by atoms with E-state index in [2.05, 4.69) is 15.7 Å². The van der Waals surface area contributed by atoms with Crippen LogP contribution < -0.4 is 10.6 Å². The lowest BCUT2D eigenvalue weighted by atomic mass is 10.0. The molecule has 0 bridgehead atoms. The van der Waals surface area contributed by atoms with Crippen molar-refractivity contribution in [2.75, 3.05) is 10.6 Å². The minimum atomic E-state index is -4.57. The minimum Gasteiger partial charge on any atom is -0.467 e. The fourth-order valence-corrected chi connectivity index (χ4v) is 3.23. The summed E-state index contributed by atoms with van der Waals surface area (Å²) in [4.78, 5) is 12.5. The van der Waals surface area contributed by atoms with Crippen molar-refractivity contribution in [1.82, 2.24) is 9.78 Å². The van der Waals surface area contributed by atoms with Crippen molar-refractivity contribution in [3.05, 3.63) is 65.5 Å². The Morgan fingerprint density at radius 1 is 1.31 bits per heavy atom. The molecule has 0 spiro atoms. The number of amides is 1. The predicted octanol–water partition coefficient (Wildman–Crippen LogP) is 4.84. The molecule has 3 heterocycles. The Labute approximate surface area is 162 Å². The van der Waals surface area contributed by atoms with Crippen molar-refractivity contribution in [1.29, 1.82) is 0 Å². The summed E-state index contributed by atoms with van der Waals surface area (Å²) in [6, 6.07) is 5.87. The summed E-state index contributed by atoms with van der Waals surface area (Å²) >= 11 is 0. The minimum absolute atomic E-state index is 0.0419. The van der Waals surface area contributed by atoms with Crippen molar-refractivity contribution >= 4 is 17.4 Å². The number of hydrogen-bond donors (Lipinski definition) is 2. The van der Waals surface area contributed by atoms with Crippen LogP contribution in [0.1, 0.15) is 40.3 Å². The average Bonchev–Trinajstić information content (AvgIpc) is 3.32. The third kappa shape index (κ3) is 3.69. The van der Waals surface area contributed by atoms with Gasteiger partial charge in [-0.2, -0.15) is 18.3 Å². The first-order chi connectivity index (χ1) is 13.7. The average molecular weight is 408 g/mol. The molecule has 6 nitrogen and oxygen atoms in total. The number of carbonyl (C=O) groups is 1. The molecule has 1 aliphatic heterocycles. The summed E-state index contributed by atoms with van der Waals surface area (Å²) in [5.41, 5.74) is 0.363. The highest BCUT2D eigenvalue weighted by Gasteiger charge is 2.47. The lowest BCUT2D eigenvalue weighted by molar-refractivity contribution is -0.174. The zero-order valence-electron chi connectivity index (χ0n) is 15.1. The van der Waals surface area contributed by atoms with Gasteiger partial charge in [0.1, 0.15) is 17.4 Å². The van der Waals surface area contributed by atoms with Crippen LogP contribution in [0.5, 0.6) is 0 Å². The highest BCUT2D eigenvalue weighted by atomic mass is 19.4. The molecule has 3 aromatic rings.